The van der Waals surface area contributed by atoms with Crippen molar-refractivity contribution in [3.63, 3.8) is 0 Å². The van der Waals surface area contributed by atoms with Crippen molar-refractivity contribution in [3.8, 4) is 0 Å². The van der Waals surface area contributed by atoms with Gasteiger partial charge in [-0.2, -0.15) is 25.3 Å². The molecule has 0 fully saturated rings. The molecule has 0 rings (SSSR count). The van der Waals surface area contributed by atoms with Crippen LogP contribution in [0.3, 0.4) is 0 Å². The van der Waals surface area contributed by atoms with Gasteiger partial charge in [-0.3, -0.25) is 32.8 Å². The van der Waals surface area contributed by atoms with E-state index in [0.29, 0.717) is 56.1 Å². The topological polar surface area (TPSA) is 332 Å². The Balaban J connectivity index is -0.000000374. The molecule has 0 heterocycles. The molecule has 25 heteroatoms. The van der Waals surface area contributed by atoms with Crippen LogP contribution < -0.4 is 21.3 Å². The first-order chi connectivity index (χ1) is 28.6. The Labute approximate surface area is 375 Å². The lowest BCUT2D eigenvalue weighted by atomic mass is 10.0. The standard InChI is InChI=1S/C14H27NO4S.C9H17NO5S.C8H15NO4S.C7H13NO4S/c1-13(2)14(16)15-9-6-4-5-7-10-19-11-8-12-20(3,17)18;1-8(2)9(11)10-4-6-15-5-3-7-16(12,13)14;1-4-7(10)9-8(2,3)5-6-14(11,12)13;1-6(2)7(9)8-4-3-5-13(10,11)12/h1,4-12H2,2-3H3,(H,15,16);1,3-7H2,2H3,(H,10,11)(H,12,13,14);4H,1,5-6H2,2-3H3,(H,9,10)(H,11,12,13);1,3-5H2,2H3,(H,8,9)(H,10,11,12). The molecular formula is C38H72N4O17S4. The molecule has 0 saturated carbocycles. The third-order valence-electron chi connectivity index (χ3n) is 7.19. The van der Waals surface area contributed by atoms with E-state index < -0.39 is 45.7 Å². The number of rotatable bonds is 30. The van der Waals surface area contributed by atoms with Crippen molar-refractivity contribution in [1.29, 1.82) is 0 Å². The highest BCUT2D eigenvalue weighted by molar-refractivity contribution is 7.90. The molecule has 0 aliphatic rings. The van der Waals surface area contributed by atoms with Crippen molar-refractivity contribution < 1.29 is 76.0 Å². The minimum Gasteiger partial charge on any atom is -0.381 e. The van der Waals surface area contributed by atoms with Crippen molar-refractivity contribution in [2.75, 3.05) is 75.3 Å². The van der Waals surface area contributed by atoms with Gasteiger partial charge in [0, 0.05) is 68.0 Å². The van der Waals surface area contributed by atoms with Crippen LogP contribution in [-0.4, -0.2) is 152 Å². The molecular weight excluding hydrogens is 913 g/mol. The fraction of sp³-hybridized carbons (Fsp3) is 0.684. The van der Waals surface area contributed by atoms with E-state index in [1.165, 1.54) is 6.26 Å². The SMILES string of the molecule is C=C(C)C(=O)NCCCCCCOCCCS(C)(=O)=O.C=C(C)C(=O)NCCCS(=O)(=O)O.C=C(C)C(=O)NCCOCCCS(=O)(=O)O.C=CC(=O)NC(C)(C)CCS(=O)(=O)O. The van der Waals surface area contributed by atoms with E-state index >= 15 is 0 Å². The van der Waals surface area contributed by atoms with E-state index in [1.807, 2.05) is 0 Å². The lowest BCUT2D eigenvalue weighted by Gasteiger charge is -2.24. The smallest absolute Gasteiger partial charge is 0.264 e. The fourth-order valence-corrected chi connectivity index (χ4v) is 6.23. The van der Waals surface area contributed by atoms with Crippen LogP contribution in [0.15, 0.2) is 49.1 Å². The summed E-state index contributed by atoms with van der Waals surface area (Å²) < 4.78 is 119. The van der Waals surface area contributed by atoms with Crippen molar-refractivity contribution in [2.24, 2.45) is 0 Å². The second-order valence-electron chi connectivity index (χ2n) is 14.6. The molecule has 7 N–H and O–H groups in total. The summed E-state index contributed by atoms with van der Waals surface area (Å²) in [5, 5.41) is 10.3. The van der Waals surface area contributed by atoms with Gasteiger partial charge in [0.1, 0.15) is 9.84 Å². The van der Waals surface area contributed by atoms with Crippen molar-refractivity contribution in [3.05, 3.63) is 49.1 Å². The van der Waals surface area contributed by atoms with Crippen LogP contribution in [-0.2, 0) is 68.8 Å². The van der Waals surface area contributed by atoms with Crippen molar-refractivity contribution in [1.82, 2.24) is 21.3 Å². The Kier molecular flexibility index (Phi) is 37.5. The maximum atomic E-state index is 11.2. The van der Waals surface area contributed by atoms with Crippen LogP contribution in [0.1, 0.15) is 86.0 Å². The number of carbonyl (C=O) groups excluding carboxylic acids is 4. The van der Waals surface area contributed by atoms with E-state index in [1.54, 1.807) is 34.6 Å². The highest BCUT2D eigenvalue weighted by Crippen LogP contribution is 2.09. The molecule has 0 aliphatic carbocycles. The summed E-state index contributed by atoms with van der Waals surface area (Å²) in [7, 11) is -14.7. The number of ether oxygens (including phenoxy) is 2. The summed E-state index contributed by atoms with van der Waals surface area (Å²) >= 11 is 0. The molecule has 0 saturated heterocycles. The lowest BCUT2D eigenvalue weighted by Crippen LogP contribution is -2.43. The predicted molar refractivity (Wildman–Crippen MR) is 243 cm³/mol. The van der Waals surface area contributed by atoms with Gasteiger partial charge in [-0.05, 0) is 79.2 Å². The van der Waals surface area contributed by atoms with Crippen LogP contribution in [0.4, 0.5) is 0 Å². The largest absolute Gasteiger partial charge is 0.381 e. The Hall–Kier alpha value is -3.56. The maximum absolute atomic E-state index is 11.2. The highest BCUT2D eigenvalue weighted by atomic mass is 32.2. The Morgan fingerprint density at radius 2 is 0.905 bits per heavy atom. The molecule has 0 aromatic heterocycles. The molecule has 63 heavy (non-hydrogen) atoms. The molecule has 0 radical (unpaired) electrons. The molecule has 370 valence electrons. The molecule has 0 bridgehead atoms. The zero-order valence-electron chi connectivity index (χ0n) is 37.5. The van der Waals surface area contributed by atoms with E-state index in [4.69, 9.17) is 23.1 Å². The maximum Gasteiger partial charge on any atom is 0.264 e. The third-order valence-corrected chi connectivity index (χ3v) is 10.5. The Bertz CT molecular complexity index is 1880. The predicted octanol–water partition coefficient (Wildman–Crippen LogP) is 1.97. The molecule has 0 aliphatic heterocycles. The van der Waals surface area contributed by atoms with Gasteiger partial charge in [0.2, 0.25) is 23.6 Å². The molecule has 0 atom stereocenters. The molecule has 0 spiro atoms. The number of hydrogen-bond donors (Lipinski definition) is 7. The van der Waals surface area contributed by atoms with E-state index in [0.717, 1.165) is 31.8 Å². The summed E-state index contributed by atoms with van der Waals surface area (Å²) in [4.78, 5) is 43.9. The first-order valence-corrected chi connectivity index (χ1v) is 26.5. The average Bonchev–Trinajstić information content (AvgIpc) is 3.13. The molecule has 0 unspecified atom stereocenters. The van der Waals surface area contributed by atoms with E-state index in [-0.39, 0.29) is 79.1 Å². The first kappa shape index (κ1) is 66.0. The number of unbranched alkanes of at least 4 members (excludes halogenated alkanes) is 3. The summed E-state index contributed by atoms with van der Waals surface area (Å²) in [5.41, 5.74) is 0.645. The Morgan fingerprint density at radius 1 is 0.540 bits per heavy atom. The number of amides is 4. The minimum absolute atomic E-state index is 0.0841. The monoisotopic (exact) mass is 984 g/mol. The van der Waals surface area contributed by atoms with Crippen molar-refractivity contribution >= 4 is 63.8 Å². The molecule has 21 nitrogen and oxygen atoms in total. The zero-order valence-corrected chi connectivity index (χ0v) is 40.8. The van der Waals surface area contributed by atoms with Crippen LogP contribution in [0.2, 0.25) is 0 Å². The molecule has 0 aromatic rings. The van der Waals surface area contributed by atoms with Gasteiger partial charge in [-0.25, -0.2) is 8.42 Å². The summed E-state index contributed by atoms with van der Waals surface area (Å²) in [6.07, 6.45) is 7.48. The summed E-state index contributed by atoms with van der Waals surface area (Å²) in [5.74, 6) is -1.84. The van der Waals surface area contributed by atoms with E-state index in [2.05, 4.69) is 47.6 Å². The van der Waals surface area contributed by atoms with Gasteiger partial charge < -0.3 is 30.7 Å². The quantitative estimate of drug-likeness (QED) is 0.0307. The van der Waals surface area contributed by atoms with Crippen LogP contribution >= 0.6 is 0 Å². The van der Waals surface area contributed by atoms with Gasteiger partial charge in [-0.1, -0.05) is 39.2 Å². The van der Waals surface area contributed by atoms with Gasteiger partial charge in [0.05, 0.1) is 29.6 Å². The first-order valence-electron chi connectivity index (χ1n) is 19.6. The molecule has 4 amide bonds. The van der Waals surface area contributed by atoms with Crippen LogP contribution in [0.5, 0.6) is 0 Å². The number of sulfone groups is 1. The summed E-state index contributed by atoms with van der Waals surface area (Å²) in [6, 6.07) is 0. The second-order valence-corrected chi connectivity index (χ2v) is 21.6. The number of nitrogens with one attached hydrogen (secondary N) is 4. The van der Waals surface area contributed by atoms with Gasteiger partial charge in [0.25, 0.3) is 30.4 Å². The van der Waals surface area contributed by atoms with Gasteiger partial charge >= 0.3 is 0 Å². The van der Waals surface area contributed by atoms with Crippen molar-refractivity contribution in [2.45, 2.75) is 91.5 Å². The van der Waals surface area contributed by atoms with Gasteiger partial charge in [0.15, 0.2) is 0 Å². The number of hydrogen-bond acceptors (Lipinski definition) is 14. The van der Waals surface area contributed by atoms with Gasteiger partial charge in [-0.15, -0.1) is 0 Å². The summed E-state index contributed by atoms with van der Waals surface area (Å²) in [6.45, 7) is 24.8. The Morgan fingerprint density at radius 3 is 1.32 bits per heavy atom. The fourth-order valence-electron chi connectivity index (χ4n) is 3.83. The zero-order chi connectivity index (χ0) is 49.9. The average molecular weight is 985 g/mol. The third kappa shape index (κ3) is 58.4. The number of carbonyl (C=O) groups is 4. The normalized spacial score (nSPS) is 11.4. The van der Waals surface area contributed by atoms with Crippen LogP contribution in [0, 0.1) is 0 Å². The lowest BCUT2D eigenvalue weighted by molar-refractivity contribution is -0.118. The molecule has 0 aromatic carbocycles. The highest BCUT2D eigenvalue weighted by Gasteiger charge is 2.21. The second kappa shape index (κ2) is 35.7. The van der Waals surface area contributed by atoms with Crippen LogP contribution in [0.25, 0.3) is 0 Å². The minimum atomic E-state index is -3.98. The van der Waals surface area contributed by atoms with E-state index in [9.17, 15) is 52.8 Å².